The predicted octanol–water partition coefficient (Wildman–Crippen LogP) is 2.13. The Labute approximate surface area is 139 Å². The molecule has 0 radical (unpaired) electrons. The summed E-state index contributed by atoms with van der Waals surface area (Å²) < 4.78 is 56.3. The second-order valence-electron chi connectivity index (χ2n) is 4.83. The summed E-state index contributed by atoms with van der Waals surface area (Å²) in [4.78, 5) is 23.7. The van der Waals surface area contributed by atoms with Gasteiger partial charge in [0, 0.05) is 5.70 Å². The van der Waals surface area contributed by atoms with Gasteiger partial charge in [0.25, 0.3) is 0 Å². The second kappa shape index (κ2) is 7.77. The van der Waals surface area contributed by atoms with Gasteiger partial charge in [-0.2, -0.15) is 13.2 Å². The molecule has 6 nitrogen and oxygen atoms in total. The minimum absolute atomic E-state index is 0.0600. The first kappa shape index (κ1) is 20.1. The number of rotatable bonds is 6. The maximum Gasteiger partial charge on any atom is 0.419 e. The van der Waals surface area contributed by atoms with Gasteiger partial charge >= 0.3 is 12.1 Å². The number of allylic oxidation sites excluding steroid dienone is 1. The Morgan fingerprint density at radius 1 is 1.24 bits per heavy atom. The summed E-state index contributed by atoms with van der Waals surface area (Å²) in [6, 6.07) is 2.18. The average molecular weight is 361 g/mol. The quantitative estimate of drug-likeness (QED) is 0.179. The van der Waals surface area contributed by atoms with Gasteiger partial charge in [0.1, 0.15) is 17.2 Å². The van der Waals surface area contributed by atoms with Crippen molar-refractivity contribution in [3.8, 4) is 0 Å². The minimum atomic E-state index is -4.98. The fourth-order valence-corrected chi connectivity index (χ4v) is 1.84. The van der Waals surface area contributed by atoms with Crippen molar-refractivity contribution in [2.45, 2.75) is 19.5 Å². The lowest BCUT2D eigenvalue weighted by molar-refractivity contribution is -0.140. The van der Waals surface area contributed by atoms with E-state index in [4.69, 9.17) is 16.9 Å². The average Bonchev–Trinajstić information content (AvgIpc) is 2.51. The first-order chi connectivity index (χ1) is 11.5. The first-order valence-corrected chi connectivity index (χ1v) is 6.89. The van der Waals surface area contributed by atoms with E-state index in [1.807, 2.05) is 0 Å². The third-order valence-electron chi connectivity index (χ3n) is 3.11. The van der Waals surface area contributed by atoms with Crippen LogP contribution in [0.1, 0.15) is 29.3 Å². The molecule has 1 aromatic carbocycles. The summed E-state index contributed by atoms with van der Waals surface area (Å²) in [6.45, 7) is 0.541. The number of esters is 1. The number of ether oxygens (including phenoxy) is 1. The molecular weight excluding hydrogens is 346 g/mol. The van der Waals surface area contributed by atoms with Gasteiger partial charge in [-0.3, -0.25) is 10.2 Å². The normalized spacial score (nSPS) is 12.4. The van der Waals surface area contributed by atoms with Crippen LogP contribution in [0.4, 0.5) is 17.6 Å². The van der Waals surface area contributed by atoms with Crippen LogP contribution in [-0.4, -0.2) is 24.2 Å². The van der Waals surface area contributed by atoms with Crippen molar-refractivity contribution in [3.63, 3.8) is 0 Å². The largest absolute Gasteiger partial charge is 0.454 e. The molecule has 0 aliphatic rings. The minimum Gasteiger partial charge on any atom is -0.454 e. The molecule has 0 aliphatic heterocycles. The Morgan fingerprint density at radius 2 is 1.84 bits per heavy atom. The monoisotopic (exact) mass is 361 g/mol. The first-order valence-electron chi connectivity index (χ1n) is 6.89. The van der Waals surface area contributed by atoms with Gasteiger partial charge in [-0.1, -0.05) is 13.0 Å². The van der Waals surface area contributed by atoms with Gasteiger partial charge in [0.2, 0.25) is 5.78 Å². The summed E-state index contributed by atoms with van der Waals surface area (Å²) in [5.74, 6) is -4.84. The summed E-state index contributed by atoms with van der Waals surface area (Å²) in [5, 5.41) is 7.27. The number of Topliss-reactive ketones (excluding diaryl/α,β-unsaturated/α-hetero) is 1. The van der Waals surface area contributed by atoms with Crippen molar-refractivity contribution in [1.29, 1.82) is 5.41 Å². The van der Waals surface area contributed by atoms with Crippen molar-refractivity contribution in [2.75, 3.05) is 6.61 Å². The fraction of sp³-hybridized carbons (Fsp3) is 0.267. The molecule has 0 spiro atoms. The smallest absolute Gasteiger partial charge is 0.419 e. The molecule has 0 bridgehead atoms. The summed E-state index contributed by atoms with van der Waals surface area (Å²) in [5.41, 5.74) is 7.71. The highest BCUT2D eigenvalue weighted by atomic mass is 19.4. The fourth-order valence-electron chi connectivity index (χ4n) is 1.84. The van der Waals surface area contributed by atoms with Crippen LogP contribution in [0, 0.1) is 11.2 Å². The Kier molecular flexibility index (Phi) is 6.26. The molecular formula is C15H15F4N3O3. The molecule has 0 heterocycles. The molecule has 1 aromatic rings. The van der Waals surface area contributed by atoms with E-state index < -0.39 is 52.9 Å². The molecule has 0 aromatic heterocycles. The van der Waals surface area contributed by atoms with Gasteiger partial charge in [-0.05, 0) is 18.6 Å². The highest BCUT2D eigenvalue weighted by Crippen LogP contribution is 2.32. The molecule has 0 fully saturated rings. The lowest BCUT2D eigenvalue weighted by Crippen LogP contribution is -2.27. The molecule has 10 heteroatoms. The van der Waals surface area contributed by atoms with Gasteiger partial charge < -0.3 is 16.2 Å². The van der Waals surface area contributed by atoms with E-state index in [9.17, 15) is 27.2 Å². The van der Waals surface area contributed by atoms with E-state index in [-0.39, 0.29) is 12.1 Å². The Morgan fingerprint density at radius 3 is 2.32 bits per heavy atom. The molecule has 0 saturated heterocycles. The molecule has 136 valence electrons. The highest BCUT2D eigenvalue weighted by Gasteiger charge is 2.35. The number of nitrogens with one attached hydrogen (secondary N) is 1. The number of benzene rings is 1. The number of carbonyl (C=O) groups is 2. The van der Waals surface area contributed by atoms with Gasteiger partial charge in [-0.15, -0.1) is 0 Å². The van der Waals surface area contributed by atoms with E-state index in [0.717, 1.165) is 12.1 Å². The van der Waals surface area contributed by atoms with Crippen LogP contribution in [-0.2, 0) is 15.7 Å². The van der Waals surface area contributed by atoms with Gasteiger partial charge in [0.15, 0.2) is 6.61 Å². The number of amidine groups is 1. The molecule has 25 heavy (non-hydrogen) atoms. The van der Waals surface area contributed by atoms with E-state index in [0.29, 0.717) is 6.07 Å². The van der Waals surface area contributed by atoms with E-state index in [1.165, 1.54) is 0 Å². The summed E-state index contributed by atoms with van der Waals surface area (Å²) in [7, 11) is 0. The van der Waals surface area contributed by atoms with Crippen LogP contribution < -0.4 is 11.5 Å². The highest BCUT2D eigenvalue weighted by molar-refractivity contribution is 6.17. The van der Waals surface area contributed by atoms with Crippen molar-refractivity contribution in [1.82, 2.24) is 0 Å². The zero-order chi connectivity index (χ0) is 19.4. The lowest BCUT2D eigenvalue weighted by Gasteiger charge is -2.12. The van der Waals surface area contributed by atoms with Crippen LogP contribution in [0.2, 0.25) is 0 Å². The van der Waals surface area contributed by atoms with E-state index >= 15 is 0 Å². The van der Waals surface area contributed by atoms with Crippen molar-refractivity contribution < 1.29 is 31.9 Å². The topological polar surface area (TPSA) is 119 Å². The van der Waals surface area contributed by atoms with E-state index in [1.54, 1.807) is 6.92 Å². The number of ketones is 1. The third kappa shape index (κ3) is 4.78. The van der Waals surface area contributed by atoms with Crippen LogP contribution in [0.3, 0.4) is 0 Å². The van der Waals surface area contributed by atoms with E-state index in [2.05, 4.69) is 4.74 Å². The molecule has 5 N–H and O–H groups in total. The molecule has 0 unspecified atom stereocenters. The number of alkyl halides is 3. The summed E-state index contributed by atoms with van der Waals surface area (Å²) >= 11 is 0. The molecule has 0 atom stereocenters. The van der Waals surface area contributed by atoms with Gasteiger partial charge in [0.05, 0.1) is 11.1 Å². The molecule has 0 amide bonds. The standard InChI is InChI=1S/C15H15F4N3O3/c1-2-9(20)11(13(21)22)14(24)25-6-10(23)7-4-3-5-8(12(7)16)15(17,18)19/h3-5H,2,6,20H2,1H3,(H3,21,22)/b11-9+. The molecule has 0 aliphatic carbocycles. The number of halogens is 4. The zero-order valence-corrected chi connectivity index (χ0v) is 13.0. The lowest BCUT2D eigenvalue weighted by atomic mass is 10.1. The molecule has 1 rings (SSSR count). The number of hydrogen-bond acceptors (Lipinski definition) is 5. The maximum atomic E-state index is 13.8. The second-order valence-corrected chi connectivity index (χ2v) is 4.83. The zero-order valence-electron chi connectivity index (χ0n) is 13.0. The number of carbonyl (C=O) groups excluding carboxylic acids is 2. The van der Waals surface area contributed by atoms with Crippen molar-refractivity contribution in [2.24, 2.45) is 11.5 Å². The maximum absolute atomic E-state index is 13.8. The number of nitrogens with two attached hydrogens (primary N) is 2. The van der Waals surface area contributed by atoms with Crippen LogP contribution in [0.5, 0.6) is 0 Å². The number of hydrogen-bond donors (Lipinski definition) is 3. The van der Waals surface area contributed by atoms with Crippen LogP contribution >= 0.6 is 0 Å². The third-order valence-corrected chi connectivity index (χ3v) is 3.11. The Hall–Kier alpha value is -2.91. The van der Waals surface area contributed by atoms with Crippen LogP contribution in [0.25, 0.3) is 0 Å². The van der Waals surface area contributed by atoms with Crippen LogP contribution in [0.15, 0.2) is 29.5 Å². The SMILES string of the molecule is CC/C(N)=C(/C(=N)N)C(=O)OCC(=O)c1cccc(C(F)(F)F)c1F. The van der Waals surface area contributed by atoms with Gasteiger partial charge in [-0.25, -0.2) is 9.18 Å². The van der Waals surface area contributed by atoms with Crippen molar-refractivity contribution in [3.05, 3.63) is 46.4 Å². The Balaban J connectivity index is 2.99. The molecule has 0 saturated carbocycles. The predicted molar refractivity (Wildman–Crippen MR) is 80.1 cm³/mol. The van der Waals surface area contributed by atoms with Crippen molar-refractivity contribution >= 4 is 17.6 Å². The summed E-state index contributed by atoms with van der Waals surface area (Å²) in [6.07, 6.45) is -4.81. The Bertz CT molecular complexity index is 742.